The molecule has 1 saturated heterocycles. The summed E-state index contributed by atoms with van der Waals surface area (Å²) in [5.74, 6) is -0.114. The predicted octanol–water partition coefficient (Wildman–Crippen LogP) is 1.70. The minimum Gasteiger partial charge on any atom is -0.497 e. The molecule has 1 aliphatic rings. The molecule has 7 heteroatoms. The maximum atomic E-state index is 12.7. The average Bonchev–Trinajstić information content (AvgIpc) is 3.03. The van der Waals surface area contributed by atoms with E-state index in [0.29, 0.717) is 18.0 Å². The molecule has 0 bridgehead atoms. The lowest BCUT2D eigenvalue weighted by Gasteiger charge is -2.24. The Kier molecular flexibility index (Phi) is 6.36. The second-order valence-electron chi connectivity index (χ2n) is 5.75. The summed E-state index contributed by atoms with van der Waals surface area (Å²) in [6, 6.07) is 11.2. The highest BCUT2D eigenvalue weighted by Crippen LogP contribution is 2.28. The van der Waals surface area contributed by atoms with E-state index in [0.717, 1.165) is 0 Å². The number of carbonyl (C=O) groups is 2. The molecular formula is C18H20N4O3. The van der Waals surface area contributed by atoms with E-state index in [-0.39, 0.29) is 44.2 Å². The zero-order chi connectivity index (χ0) is 18.2. The van der Waals surface area contributed by atoms with Gasteiger partial charge in [0.1, 0.15) is 5.75 Å². The van der Waals surface area contributed by atoms with Gasteiger partial charge < -0.3 is 14.5 Å². The summed E-state index contributed by atoms with van der Waals surface area (Å²) in [6.07, 6.45) is 0.542. The molecule has 1 fully saturated rings. The van der Waals surface area contributed by atoms with E-state index in [2.05, 4.69) is 0 Å². The third kappa shape index (κ3) is 4.48. The standard InChI is InChI=1S/C18H20N4O3/c1-25-16-6-2-5-15(12-16)22-13-14(11-17(22)23)18(24)21(9-3-7-19)10-4-8-20/h2,5-6,12,14H,3-4,9-11,13H2,1H3/t14-/m1/s1. The Balaban J connectivity index is 2.10. The van der Waals surface area contributed by atoms with Crippen LogP contribution >= 0.6 is 0 Å². The molecule has 0 unspecified atom stereocenters. The van der Waals surface area contributed by atoms with Crippen molar-refractivity contribution in [3.8, 4) is 17.9 Å². The van der Waals surface area contributed by atoms with Crippen molar-refractivity contribution in [2.24, 2.45) is 5.92 Å². The molecule has 1 heterocycles. The number of hydrogen-bond donors (Lipinski definition) is 0. The van der Waals surface area contributed by atoms with Gasteiger partial charge in [-0.1, -0.05) is 6.07 Å². The van der Waals surface area contributed by atoms with Gasteiger partial charge in [-0.15, -0.1) is 0 Å². The summed E-state index contributed by atoms with van der Waals surface area (Å²) < 4.78 is 5.18. The average molecular weight is 340 g/mol. The van der Waals surface area contributed by atoms with Gasteiger partial charge in [-0.2, -0.15) is 10.5 Å². The fourth-order valence-corrected chi connectivity index (χ4v) is 2.86. The van der Waals surface area contributed by atoms with E-state index in [4.69, 9.17) is 15.3 Å². The highest BCUT2D eigenvalue weighted by Gasteiger charge is 2.37. The van der Waals surface area contributed by atoms with Crippen molar-refractivity contribution < 1.29 is 14.3 Å². The number of benzene rings is 1. The fraction of sp³-hybridized carbons (Fsp3) is 0.444. The van der Waals surface area contributed by atoms with Crippen LogP contribution < -0.4 is 9.64 Å². The van der Waals surface area contributed by atoms with Gasteiger partial charge in [0.2, 0.25) is 11.8 Å². The topological polar surface area (TPSA) is 97.4 Å². The van der Waals surface area contributed by atoms with E-state index in [1.807, 2.05) is 12.1 Å². The maximum absolute atomic E-state index is 12.7. The first kappa shape index (κ1) is 18.3. The van der Waals surface area contributed by atoms with Crippen molar-refractivity contribution in [3.63, 3.8) is 0 Å². The predicted molar refractivity (Wildman–Crippen MR) is 90.5 cm³/mol. The van der Waals surface area contributed by atoms with Crippen LogP contribution in [0, 0.1) is 28.6 Å². The molecule has 2 rings (SSSR count). The molecule has 1 aromatic rings. The molecule has 7 nitrogen and oxygen atoms in total. The normalized spacial score (nSPS) is 16.2. The number of rotatable bonds is 7. The molecule has 0 radical (unpaired) electrons. The van der Waals surface area contributed by atoms with Gasteiger partial charge in [-0.3, -0.25) is 9.59 Å². The zero-order valence-electron chi connectivity index (χ0n) is 14.1. The van der Waals surface area contributed by atoms with Gasteiger partial charge in [0, 0.05) is 37.8 Å². The highest BCUT2D eigenvalue weighted by atomic mass is 16.5. The van der Waals surface area contributed by atoms with Crippen LogP contribution in [0.3, 0.4) is 0 Å². The lowest BCUT2D eigenvalue weighted by molar-refractivity contribution is -0.135. The number of nitrogens with zero attached hydrogens (tertiary/aromatic N) is 4. The molecule has 2 amide bonds. The van der Waals surface area contributed by atoms with Gasteiger partial charge in [-0.25, -0.2) is 0 Å². The number of ether oxygens (including phenoxy) is 1. The van der Waals surface area contributed by atoms with Gasteiger partial charge in [-0.05, 0) is 12.1 Å². The van der Waals surface area contributed by atoms with Crippen molar-refractivity contribution in [3.05, 3.63) is 24.3 Å². The first-order valence-electron chi connectivity index (χ1n) is 8.07. The lowest BCUT2D eigenvalue weighted by atomic mass is 10.1. The number of amides is 2. The second kappa shape index (κ2) is 8.70. The monoisotopic (exact) mass is 340 g/mol. The minimum atomic E-state index is -0.462. The molecule has 130 valence electrons. The number of methoxy groups -OCH3 is 1. The molecule has 0 aromatic heterocycles. The lowest BCUT2D eigenvalue weighted by Crippen LogP contribution is -2.38. The Morgan fingerprint density at radius 2 is 2.00 bits per heavy atom. The van der Waals surface area contributed by atoms with Gasteiger partial charge >= 0.3 is 0 Å². The molecule has 0 saturated carbocycles. The molecule has 1 atom stereocenters. The van der Waals surface area contributed by atoms with Crippen molar-refractivity contribution >= 4 is 17.5 Å². The summed E-state index contributed by atoms with van der Waals surface area (Å²) >= 11 is 0. The number of carbonyl (C=O) groups excluding carboxylic acids is 2. The summed E-state index contributed by atoms with van der Waals surface area (Å²) in [7, 11) is 1.56. The van der Waals surface area contributed by atoms with Crippen molar-refractivity contribution in [1.29, 1.82) is 10.5 Å². The number of hydrogen-bond acceptors (Lipinski definition) is 5. The van der Waals surface area contributed by atoms with E-state index in [9.17, 15) is 9.59 Å². The smallest absolute Gasteiger partial charge is 0.228 e. The Morgan fingerprint density at radius 1 is 1.32 bits per heavy atom. The van der Waals surface area contributed by atoms with Gasteiger partial charge in [0.05, 0.1) is 38.0 Å². The number of anilines is 1. The Bertz CT molecular complexity index is 702. The minimum absolute atomic E-state index is 0.118. The molecule has 1 aliphatic heterocycles. The van der Waals surface area contributed by atoms with Crippen LogP contribution in [-0.2, 0) is 9.59 Å². The van der Waals surface area contributed by atoms with Crippen LogP contribution in [0.15, 0.2) is 24.3 Å². The largest absolute Gasteiger partial charge is 0.497 e. The first-order chi connectivity index (χ1) is 12.1. The second-order valence-corrected chi connectivity index (χ2v) is 5.75. The van der Waals surface area contributed by atoms with Crippen LogP contribution in [0.5, 0.6) is 5.75 Å². The van der Waals surface area contributed by atoms with Crippen LogP contribution in [0.1, 0.15) is 19.3 Å². The van der Waals surface area contributed by atoms with Crippen molar-refractivity contribution in [2.45, 2.75) is 19.3 Å². The fourth-order valence-electron chi connectivity index (χ4n) is 2.86. The van der Waals surface area contributed by atoms with Crippen LogP contribution in [0.4, 0.5) is 5.69 Å². The van der Waals surface area contributed by atoms with Crippen molar-refractivity contribution in [1.82, 2.24) is 4.90 Å². The van der Waals surface area contributed by atoms with Crippen LogP contribution in [0.25, 0.3) is 0 Å². The summed E-state index contributed by atoms with van der Waals surface area (Å²) in [5, 5.41) is 17.5. The van der Waals surface area contributed by atoms with E-state index in [1.165, 1.54) is 4.90 Å². The van der Waals surface area contributed by atoms with Crippen molar-refractivity contribution in [2.75, 3.05) is 31.6 Å². The molecular weight excluding hydrogens is 320 g/mol. The van der Waals surface area contributed by atoms with Crippen LogP contribution in [-0.4, -0.2) is 43.5 Å². The SMILES string of the molecule is COc1cccc(N2C[C@H](C(=O)N(CCC#N)CCC#N)CC2=O)c1. The Hall–Kier alpha value is -3.06. The molecule has 0 aliphatic carbocycles. The van der Waals surface area contributed by atoms with Gasteiger partial charge in [0.15, 0.2) is 0 Å². The van der Waals surface area contributed by atoms with E-state index >= 15 is 0 Å². The first-order valence-corrected chi connectivity index (χ1v) is 8.07. The highest BCUT2D eigenvalue weighted by molar-refractivity contribution is 6.00. The Labute approximate surface area is 147 Å². The maximum Gasteiger partial charge on any atom is 0.228 e. The molecule has 1 aromatic carbocycles. The van der Waals surface area contributed by atoms with E-state index in [1.54, 1.807) is 36.3 Å². The zero-order valence-corrected chi connectivity index (χ0v) is 14.1. The number of nitriles is 2. The summed E-state index contributed by atoms with van der Waals surface area (Å²) in [4.78, 5) is 28.2. The summed E-state index contributed by atoms with van der Waals surface area (Å²) in [5.41, 5.74) is 0.695. The molecule has 0 N–H and O–H groups in total. The Morgan fingerprint density at radius 3 is 2.60 bits per heavy atom. The molecule has 0 spiro atoms. The molecule has 25 heavy (non-hydrogen) atoms. The summed E-state index contributed by atoms with van der Waals surface area (Å²) in [6.45, 7) is 0.849. The third-order valence-corrected chi connectivity index (χ3v) is 4.14. The van der Waals surface area contributed by atoms with E-state index < -0.39 is 5.92 Å². The third-order valence-electron chi connectivity index (χ3n) is 4.14. The quantitative estimate of drug-likeness (QED) is 0.752. The van der Waals surface area contributed by atoms with Gasteiger partial charge in [0.25, 0.3) is 0 Å². The van der Waals surface area contributed by atoms with Crippen LogP contribution in [0.2, 0.25) is 0 Å².